The molecule has 0 aliphatic heterocycles. The van der Waals surface area contributed by atoms with Crippen molar-refractivity contribution in [2.45, 2.75) is 123 Å². The Balaban J connectivity index is 3.36. The van der Waals surface area contributed by atoms with Gasteiger partial charge in [0.05, 0.1) is 117 Å². The Morgan fingerprint density at radius 1 is 0.356 bits per heavy atom. The summed E-state index contributed by atoms with van der Waals surface area (Å²) in [4.78, 5) is 0. The predicted octanol–water partition coefficient (Wildman–Crippen LogP) is 5.99. The topological polar surface area (TPSA) is 103 Å². The van der Waals surface area contributed by atoms with Gasteiger partial charge in [-0.25, -0.2) is 0 Å². The van der Waals surface area contributed by atoms with Crippen molar-refractivity contribution in [2.24, 2.45) is 0 Å². The van der Waals surface area contributed by atoms with Gasteiger partial charge in [-0.15, -0.1) is 0 Å². The van der Waals surface area contributed by atoms with Gasteiger partial charge in [0, 0.05) is 6.61 Å². The highest BCUT2D eigenvalue weighted by Gasteiger charge is 2.10. The summed E-state index contributed by atoms with van der Waals surface area (Å²) in [6.07, 6.45) is 16.3. The van der Waals surface area contributed by atoms with Crippen LogP contribution in [0.4, 0.5) is 0 Å². The van der Waals surface area contributed by atoms with Crippen molar-refractivity contribution in [1.29, 1.82) is 0 Å². The van der Waals surface area contributed by atoms with Gasteiger partial charge in [-0.2, -0.15) is 0 Å². The van der Waals surface area contributed by atoms with E-state index in [1.165, 1.54) is 70.6 Å². The van der Waals surface area contributed by atoms with Crippen molar-refractivity contribution in [2.75, 3.05) is 106 Å². The summed E-state index contributed by atoms with van der Waals surface area (Å²) < 4.78 is 50.3. The third-order valence-corrected chi connectivity index (χ3v) is 7.08. The lowest BCUT2D eigenvalue weighted by Gasteiger charge is -2.20. The van der Waals surface area contributed by atoms with Gasteiger partial charge >= 0.3 is 0 Å². The third kappa shape index (κ3) is 37.9. The smallest absolute Gasteiger partial charge is 0.0781 e. The largest absolute Gasteiger partial charge is 0.394 e. The molecule has 272 valence electrons. The van der Waals surface area contributed by atoms with Crippen LogP contribution in [0.25, 0.3) is 0 Å². The highest BCUT2D eigenvalue weighted by atomic mass is 16.6. The molecule has 0 amide bonds. The van der Waals surface area contributed by atoms with Crippen molar-refractivity contribution < 1.29 is 47.7 Å². The minimum Gasteiger partial charge on any atom is -0.394 e. The molecule has 0 spiro atoms. The van der Waals surface area contributed by atoms with Crippen LogP contribution in [0.3, 0.4) is 0 Å². The molecule has 0 radical (unpaired) electrons. The summed E-state index contributed by atoms with van der Waals surface area (Å²) in [5, 5.41) is 8.60. The number of aliphatic hydroxyl groups excluding tert-OH is 1. The Kier molecular flexibility index (Phi) is 37.7. The van der Waals surface area contributed by atoms with Gasteiger partial charge in [0.2, 0.25) is 0 Å². The SMILES string of the molecule is CCCCCCCCCCCCCCOCC(C)OCC(C)OCC(C)OCCOCCOCCOCCOCCOCCO. The lowest BCUT2D eigenvalue weighted by molar-refractivity contribution is -0.0854. The molecule has 3 unspecified atom stereocenters. The average Bonchev–Trinajstić information content (AvgIpc) is 3.04. The fourth-order valence-corrected chi connectivity index (χ4v) is 4.39. The van der Waals surface area contributed by atoms with Crippen LogP contribution in [0.15, 0.2) is 0 Å². The van der Waals surface area contributed by atoms with Crippen LogP contribution in [0, 0.1) is 0 Å². The first-order valence-electron chi connectivity index (χ1n) is 18.0. The molecule has 0 rings (SSSR count). The van der Waals surface area contributed by atoms with E-state index in [1.807, 2.05) is 13.8 Å². The van der Waals surface area contributed by atoms with E-state index >= 15 is 0 Å². The van der Waals surface area contributed by atoms with Crippen molar-refractivity contribution in [3.8, 4) is 0 Å². The van der Waals surface area contributed by atoms with E-state index in [2.05, 4.69) is 13.8 Å². The zero-order valence-electron chi connectivity index (χ0n) is 29.7. The van der Waals surface area contributed by atoms with E-state index in [0.29, 0.717) is 92.5 Å². The van der Waals surface area contributed by atoms with Crippen LogP contribution >= 0.6 is 0 Å². The number of aliphatic hydroxyl groups is 1. The normalized spacial score (nSPS) is 13.8. The number of rotatable bonds is 39. The molecule has 1 N–H and O–H groups in total. The van der Waals surface area contributed by atoms with Crippen molar-refractivity contribution >= 4 is 0 Å². The van der Waals surface area contributed by atoms with Crippen molar-refractivity contribution in [3.05, 3.63) is 0 Å². The van der Waals surface area contributed by atoms with Crippen LogP contribution in [-0.4, -0.2) is 129 Å². The van der Waals surface area contributed by atoms with Crippen LogP contribution in [-0.2, 0) is 42.6 Å². The molecule has 0 bridgehead atoms. The number of unbranched alkanes of at least 4 members (excludes halogenated alkanes) is 11. The monoisotopic (exact) mass is 653 g/mol. The second-order valence-corrected chi connectivity index (χ2v) is 11.7. The minimum atomic E-state index is -0.0159. The van der Waals surface area contributed by atoms with Gasteiger partial charge in [-0.05, 0) is 27.2 Å². The van der Waals surface area contributed by atoms with Crippen LogP contribution < -0.4 is 0 Å². The highest BCUT2D eigenvalue weighted by molar-refractivity contribution is 4.56. The molecule has 0 aliphatic carbocycles. The van der Waals surface area contributed by atoms with Crippen molar-refractivity contribution in [3.63, 3.8) is 0 Å². The molecule has 0 aromatic rings. The van der Waals surface area contributed by atoms with E-state index in [9.17, 15) is 0 Å². The van der Waals surface area contributed by atoms with E-state index in [4.69, 9.17) is 47.7 Å². The molecule has 0 fully saturated rings. The Labute approximate surface area is 276 Å². The molecule has 0 aromatic heterocycles. The Morgan fingerprint density at radius 2 is 0.711 bits per heavy atom. The zero-order valence-corrected chi connectivity index (χ0v) is 29.7. The van der Waals surface area contributed by atoms with Crippen LogP contribution in [0.1, 0.15) is 105 Å². The molecule has 10 heteroatoms. The summed E-state index contributed by atoms with van der Waals surface area (Å²) in [7, 11) is 0. The molecule has 0 aliphatic rings. The maximum atomic E-state index is 8.60. The van der Waals surface area contributed by atoms with Crippen LogP contribution in [0.5, 0.6) is 0 Å². The van der Waals surface area contributed by atoms with Crippen LogP contribution in [0.2, 0.25) is 0 Å². The fraction of sp³-hybridized carbons (Fsp3) is 1.00. The van der Waals surface area contributed by atoms with Gasteiger partial charge in [0.15, 0.2) is 0 Å². The molecule has 0 aromatic carbocycles. The first-order chi connectivity index (χ1) is 22.1. The molecule has 0 saturated heterocycles. The average molecular weight is 653 g/mol. The van der Waals surface area contributed by atoms with Gasteiger partial charge < -0.3 is 47.7 Å². The van der Waals surface area contributed by atoms with Gasteiger partial charge in [0.25, 0.3) is 0 Å². The summed E-state index contributed by atoms with van der Waals surface area (Å²) in [6, 6.07) is 0. The van der Waals surface area contributed by atoms with Gasteiger partial charge in [-0.3, -0.25) is 0 Å². The van der Waals surface area contributed by atoms with E-state index in [1.54, 1.807) is 0 Å². The number of ether oxygens (including phenoxy) is 9. The van der Waals surface area contributed by atoms with E-state index in [0.717, 1.165) is 13.0 Å². The first kappa shape index (κ1) is 44.6. The fourth-order valence-electron chi connectivity index (χ4n) is 4.39. The van der Waals surface area contributed by atoms with Crippen molar-refractivity contribution in [1.82, 2.24) is 0 Å². The lowest BCUT2D eigenvalue weighted by atomic mass is 10.1. The highest BCUT2D eigenvalue weighted by Crippen LogP contribution is 2.12. The molecular weight excluding hydrogens is 580 g/mol. The molecule has 0 saturated carbocycles. The summed E-state index contributed by atoms with van der Waals surface area (Å²) in [5.41, 5.74) is 0. The van der Waals surface area contributed by atoms with Gasteiger partial charge in [0.1, 0.15) is 0 Å². The maximum Gasteiger partial charge on any atom is 0.0781 e. The molecule has 10 nitrogen and oxygen atoms in total. The molecular formula is C35H72O10. The minimum absolute atomic E-state index is 0.00303. The Morgan fingerprint density at radius 3 is 1.16 bits per heavy atom. The second-order valence-electron chi connectivity index (χ2n) is 11.7. The Hall–Kier alpha value is -0.400. The quantitative estimate of drug-likeness (QED) is 0.0796. The summed E-state index contributed by atoms with van der Waals surface area (Å²) in [6.45, 7) is 16.3. The predicted molar refractivity (Wildman–Crippen MR) is 179 cm³/mol. The lowest BCUT2D eigenvalue weighted by Crippen LogP contribution is -2.27. The second kappa shape index (κ2) is 38.1. The molecule has 3 atom stereocenters. The Bertz CT molecular complexity index is 543. The standard InChI is InChI=1S/C35H72O10/c1-5-6-7-8-9-10-11-12-13-14-15-16-18-42-30-33(2)44-32-35(4)45-31-34(3)43-29-28-41-27-26-40-25-24-39-23-22-38-21-20-37-19-17-36/h33-36H,5-32H2,1-4H3. The first-order valence-corrected chi connectivity index (χ1v) is 18.0. The van der Waals surface area contributed by atoms with Gasteiger partial charge in [-0.1, -0.05) is 77.6 Å². The maximum absolute atomic E-state index is 8.60. The summed E-state index contributed by atoms with van der Waals surface area (Å²) >= 11 is 0. The number of hydrogen-bond acceptors (Lipinski definition) is 10. The summed E-state index contributed by atoms with van der Waals surface area (Å²) in [5.74, 6) is 0. The zero-order chi connectivity index (χ0) is 32.9. The molecule has 45 heavy (non-hydrogen) atoms. The van der Waals surface area contributed by atoms with E-state index < -0.39 is 0 Å². The third-order valence-electron chi connectivity index (χ3n) is 7.08. The van der Waals surface area contributed by atoms with E-state index in [-0.39, 0.29) is 24.9 Å². The number of hydrogen-bond donors (Lipinski definition) is 1. The molecule has 0 heterocycles.